The molecule has 0 spiro atoms. The predicted molar refractivity (Wildman–Crippen MR) is 147 cm³/mol. The van der Waals surface area contributed by atoms with E-state index in [1.165, 1.54) is 7.11 Å². The number of alkyl carbamates (subject to hydrolysis) is 1. The maximum Gasteiger partial charge on any atom is 0.414 e. The van der Waals surface area contributed by atoms with Crippen LogP contribution in [0.5, 0.6) is 0 Å². The van der Waals surface area contributed by atoms with Gasteiger partial charge in [0.25, 0.3) is 0 Å². The number of rotatable bonds is 10. The molecule has 0 aromatic carbocycles. The second kappa shape index (κ2) is 14.7. The van der Waals surface area contributed by atoms with E-state index >= 15 is 0 Å². The van der Waals surface area contributed by atoms with Gasteiger partial charge in [-0.3, -0.25) is 20.4 Å². The first-order valence-electron chi connectivity index (χ1n) is 14.3. The van der Waals surface area contributed by atoms with Gasteiger partial charge in [0, 0.05) is 58.8 Å². The minimum Gasteiger partial charge on any atom is -0.469 e. The molecule has 3 heterocycles. The number of carbonyl (C=O) groups is 3. The van der Waals surface area contributed by atoms with Crippen LogP contribution in [0.4, 0.5) is 9.59 Å². The molecule has 1 unspecified atom stereocenters. The highest BCUT2D eigenvalue weighted by molar-refractivity contribution is 5.92. The van der Waals surface area contributed by atoms with Crippen molar-refractivity contribution in [3.05, 3.63) is 0 Å². The molecule has 0 bridgehead atoms. The van der Waals surface area contributed by atoms with Crippen LogP contribution in [0.3, 0.4) is 0 Å². The SMILES string of the molecule is COC(=O)CCCN1CCN(CC2CN(CCCC3CCN(C(=N)NC(=O)OC(C)(C)C)CC3)C(=O)O2)CC1. The lowest BCUT2D eigenvalue weighted by atomic mass is 9.92. The van der Waals surface area contributed by atoms with E-state index in [9.17, 15) is 14.4 Å². The van der Waals surface area contributed by atoms with Crippen LogP contribution in [0.25, 0.3) is 0 Å². The summed E-state index contributed by atoms with van der Waals surface area (Å²) in [5.41, 5.74) is -0.594. The topological polar surface area (TPSA) is 128 Å². The van der Waals surface area contributed by atoms with Gasteiger partial charge in [-0.15, -0.1) is 0 Å². The molecule has 12 heteroatoms. The molecular weight excluding hydrogens is 504 g/mol. The van der Waals surface area contributed by atoms with Crippen LogP contribution < -0.4 is 5.32 Å². The van der Waals surface area contributed by atoms with Gasteiger partial charge in [-0.1, -0.05) is 0 Å². The predicted octanol–water partition coefficient (Wildman–Crippen LogP) is 2.33. The Kier molecular flexibility index (Phi) is 11.7. The molecule has 3 rings (SSSR count). The first-order valence-corrected chi connectivity index (χ1v) is 14.3. The average molecular weight is 553 g/mol. The van der Waals surface area contributed by atoms with Crippen LogP contribution in [0.2, 0.25) is 0 Å². The smallest absolute Gasteiger partial charge is 0.414 e. The van der Waals surface area contributed by atoms with Gasteiger partial charge >= 0.3 is 18.2 Å². The molecule has 3 aliphatic heterocycles. The molecule has 0 radical (unpaired) electrons. The molecule has 3 aliphatic rings. The fraction of sp³-hybridized carbons (Fsp3) is 0.852. The van der Waals surface area contributed by atoms with Crippen molar-refractivity contribution in [1.29, 1.82) is 5.41 Å². The third-order valence-corrected chi connectivity index (χ3v) is 7.55. The van der Waals surface area contributed by atoms with Gasteiger partial charge in [0.1, 0.15) is 11.7 Å². The van der Waals surface area contributed by atoms with Gasteiger partial charge in [0.15, 0.2) is 0 Å². The first-order chi connectivity index (χ1) is 18.5. The van der Waals surface area contributed by atoms with E-state index in [-0.39, 0.29) is 24.1 Å². The summed E-state index contributed by atoms with van der Waals surface area (Å²) in [6.45, 7) is 13.7. The normalized spacial score (nSPS) is 21.5. The Bertz CT molecular complexity index is 833. The fourth-order valence-corrected chi connectivity index (χ4v) is 5.38. The van der Waals surface area contributed by atoms with Crippen molar-refractivity contribution in [3.8, 4) is 0 Å². The molecule has 39 heavy (non-hydrogen) atoms. The molecule has 1 atom stereocenters. The largest absolute Gasteiger partial charge is 0.469 e. The summed E-state index contributed by atoms with van der Waals surface area (Å²) in [5, 5.41) is 10.7. The van der Waals surface area contributed by atoms with Crippen LogP contribution in [-0.4, -0.2) is 128 Å². The van der Waals surface area contributed by atoms with Crippen molar-refractivity contribution >= 4 is 24.1 Å². The number of cyclic esters (lactones) is 1. The number of piperazine rings is 1. The molecule has 2 amide bonds. The Labute approximate surface area is 232 Å². The maximum atomic E-state index is 12.4. The van der Waals surface area contributed by atoms with Crippen LogP contribution in [0.15, 0.2) is 0 Å². The number of methoxy groups -OCH3 is 1. The van der Waals surface area contributed by atoms with E-state index < -0.39 is 11.7 Å². The summed E-state index contributed by atoms with van der Waals surface area (Å²) in [4.78, 5) is 44.1. The van der Waals surface area contributed by atoms with Gasteiger partial charge in [-0.2, -0.15) is 0 Å². The summed E-state index contributed by atoms with van der Waals surface area (Å²) in [5.74, 6) is 0.486. The zero-order valence-electron chi connectivity index (χ0n) is 24.2. The Hall–Kier alpha value is -2.60. The van der Waals surface area contributed by atoms with Gasteiger partial charge in [0.2, 0.25) is 5.96 Å². The number of piperidine rings is 1. The van der Waals surface area contributed by atoms with E-state index in [2.05, 4.69) is 15.1 Å². The van der Waals surface area contributed by atoms with E-state index in [4.69, 9.17) is 19.6 Å². The number of ether oxygens (including phenoxy) is 3. The number of esters is 1. The number of likely N-dealkylation sites (tertiary alicyclic amines) is 1. The van der Waals surface area contributed by atoms with Gasteiger partial charge in [0.05, 0.1) is 13.7 Å². The number of hydrogen-bond donors (Lipinski definition) is 2. The van der Waals surface area contributed by atoms with E-state index in [1.807, 2.05) is 9.80 Å². The number of amides is 2. The molecule has 2 N–H and O–H groups in total. The summed E-state index contributed by atoms with van der Waals surface area (Å²) in [7, 11) is 1.42. The number of guanidine groups is 1. The van der Waals surface area contributed by atoms with Crippen LogP contribution in [0, 0.1) is 11.3 Å². The molecule has 222 valence electrons. The Morgan fingerprint density at radius 1 is 1.03 bits per heavy atom. The Morgan fingerprint density at radius 3 is 2.33 bits per heavy atom. The minimum atomic E-state index is -0.597. The highest BCUT2D eigenvalue weighted by Gasteiger charge is 2.33. The third-order valence-electron chi connectivity index (χ3n) is 7.55. The Morgan fingerprint density at radius 2 is 1.69 bits per heavy atom. The molecule has 0 saturated carbocycles. The average Bonchev–Trinajstić information content (AvgIpc) is 3.22. The lowest BCUT2D eigenvalue weighted by Crippen LogP contribution is -2.49. The van der Waals surface area contributed by atoms with E-state index in [1.54, 1.807) is 20.8 Å². The molecule has 0 aliphatic carbocycles. The quantitative estimate of drug-likeness (QED) is 0.182. The number of carbonyl (C=O) groups excluding carboxylic acids is 3. The number of hydrogen-bond acceptors (Lipinski definition) is 9. The first kappa shape index (κ1) is 30.9. The minimum absolute atomic E-state index is 0.0879. The molecular formula is C27H48N6O6. The third kappa shape index (κ3) is 10.8. The van der Waals surface area contributed by atoms with Gasteiger partial charge in [-0.25, -0.2) is 9.59 Å². The summed E-state index contributed by atoms with van der Waals surface area (Å²) >= 11 is 0. The molecule has 3 saturated heterocycles. The van der Waals surface area contributed by atoms with Crippen molar-refractivity contribution in [2.24, 2.45) is 5.92 Å². The molecule has 0 aromatic rings. The van der Waals surface area contributed by atoms with Gasteiger partial charge < -0.3 is 28.9 Å². The number of nitrogens with zero attached hydrogens (tertiary/aromatic N) is 4. The monoisotopic (exact) mass is 552 g/mol. The highest BCUT2D eigenvalue weighted by atomic mass is 16.6. The zero-order valence-corrected chi connectivity index (χ0v) is 24.2. The van der Waals surface area contributed by atoms with Crippen molar-refractivity contribution < 1.29 is 28.6 Å². The van der Waals surface area contributed by atoms with Crippen molar-refractivity contribution in [2.75, 3.05) is 72.6 Å². The second-order valence-electron chi connectivity index (χ2n) is 11.8. The standard InChI is InChI=1S/C27H48N6O6/c1-27(2,3)39-25(35)29-24(28)32-13-9-21(10-14-32)7-5-12-33-20-22(38-26(33)36)19-31-17-15-30(16-18-31)11-6-8-23(34)37-4/h21-22H,5-20H2,1-4H3,(H2,28,29,35). The molecule has 3 fully saturated rings. The lowest BCUT2D eigenvalue weighted by molar-refractivity contribution is -0.140. The highest BCUT2D eigenvalue weighted by Crippen LogP contribution is 2.23. The second-order valence-corrected chi connectivity index (χ2v) is 11.8. The summed E-state index contributed by atoms with van der Waals surface area (Å²) < 4.78 is 15.6. The zero-order chi connectivity index (χ0) is 28.4. The lowest BCUT2D eigenvalue weighted by Gasteiger charge is -2.35. The Balaban J connectivity index is 1.26. The summed E-state index contributed by atoms with van der Waals surface area (Å²) in [6.07, 6.45) is 4.27. The van der Waals surface area contributed by atoms with Crippen LogP contribution in [-0.2, 0) is 19.0 Å². The molecule has 12 nitrogen and oxygen atoms in total. The maximum absolute atomic E-state index is 12.4. The summed E-state index contributed by atoms with van der Waals surface area (Å²) in [6, 6.07) is 0. The van der Waals surface area contributed by atoms with Crippen molar-refractivity contribution in [2.45, 2.75) is 71.0 Å². The van der Waals surface area contributed by atoms with Gasteiger partial charge in [-0.05, 0) is 65.3 Å². The number of nitrogens with one attached hydrogen (secondary N) is 2. The van der Waals surface area contributed by atoms with E-state index in [0.29, 0.717) is 25.4 Å². The fourth-order valence-electron chi connectivity index (χ4n) is 5.38. The van der Waals surface area contributed by atoms with Crippen molar-refractivity contribution in [1.82, 2.24) is 24.9 Å². The van der Waals surface area contributed by atoms with E-state index in [0.717, 1.165) is 84.5 Å². The van der Waals surface area contributed by atoms with Crippen LogP contribution >= 0.6 is 0 Å². The van der Waals surface area contributed by atoms with Crippen molar-refractivity contribution in [3.63, 3.8) is 0 Å². The van der Waals surface area contributed by atoms with Crippen LogP contribution in [0.1, 0.15) is 59.3 Å². The molecule has 0 aromatic heterocycles.